The number of carboxylic acid groups (broad SMARTS) is 1. The lowest BCUT2D eigenvalue weighted by Gasteiger charge is -2.27. The van der Waals surface area contributed by atoms with E-state index in [1.807, 2.05) is 85.6 Å². The Balaban J connectivity index is 2.06. The predicted octanol–water partition coefficient (Wildman–Crippen LogP) is 3.27. The second kappa shape index (κ2) is 6.14. The minimum Gasteiger partial charge on any atom is -0.481 e. The van der Waals surface area contributed by atoms with Crippen molar-refractivity contribution in [3.8, 4) is 0 Å². The maximum absolute atomic E-state index is 12.1. The van der Waals surface area contributed by atoms with Crippen molar-refractivity contribution in [2.24, 2.45) is 5.92 Å². The molecule has 2 aromatic carbocycles. The highest BCUT2D eigenvalue weighted by atomic mass is 16.4. The fourth-order valence-electron chi connectivity index (χ4n) is 3.56. The first kappa shape index (κ1) is 15.7. The monoisotopic (exact) mass is 310 g/mol. The quantitative estimate of drug-likeness (QED) is 0.945. The van der Waals surface area contributed by atoms with Crippen LogP contribution in [0, 0.1) is 12.8 Å². The summed E-state index contributed by atoms with van der Waals surface area (Å²) in [5.41, 5.74) is 3.24. The third kappa shape index (κ3) is 2.76. The van der Waals surface area contributed by atoms with Crippen LogP contribution in [0.15, 0.2) is 54.6 Å². The van der Waals surface area contributed by atoms with Crippen LogP contribution in [-0.4, -0.2) is 35.2 Å². The maximum Gasteiger partial charge on any atom is 0.310 e. The molecule has 0 radical (unpaired) electrons. The number of hydrogen-bond acceptors (Lipinski definition) is 3. The molecule has 0 saturated carbocycles. The molecule has 23 heavy (non-hydrogen) atoms. The molecule has 0 amide bonds. The van der Waals surface area contributed by atoms with Crippen LogP contribution < -0.4 is 0 Å². The lowest BCUT2D eigenvalue weighted by atomic mass is 9.85. The summed E-state index contributed by atoms with van der Waals surface area (Å²) in [7, 11) is 3.92. The van der Waals surface area contributed by atoms with Crippen molar-refractivity contribution in [1.82, 2.24) is 10.0 Å². The predicted molar refractivity (Wildman–Crippen MR) is 89.8 cm³/mol. The number of carboxylic acids is 1. The number of hydrazine groups is 1. The number of rotatable bonds is 3. The fraction of sp³-hybridized carbons (Fsp3) is 0.316. The molecule has 0 bridgehead atoms. The normalized spacial score (nSPS) is 25.6. The minimum absolute atomic E-state index is 0.176. The second-order valence-electron chi connectivity index (χ2n) is 6.22. The van der Waals surface area contributed by atoms with Gasteiger partial charge in [0.05, 0.1) is 18.0 Å². The van der Waals surface area contributed by atoms with Gasteiger partial charge in [-0.05, 0) is 18.1 Å². The number of aryl methyl sites for hydroxylation is 1. The van der Waals surface area contributed by atoms with Gasteiger partial charge in [-0.15, -0.1) is 0 Å². The molecule has 0 spiro atoms. The van der Waals surface area contributed by atoms with E-state index in [0.29, 0.717) is 0 Å². The van der Waals surface area contributed by atoms with Gasteiger partial charge in [-0.1, -0.05) is 60.2 Å². The van der Waals surface area contributed by atoms with Crippen LogP contribution in [0.25, 0.3) is 0 Å². The molecule has 2 aromatic rings. The molecule has 1 aliphatic rings. The van der Waals surface area contributed by atoms with Crippen molar-refractivity contribution in [1.29, 1.82) is 0 Å². The van der Waals surface area contributed by atoms with Crippen LogP contribution in [0.3, 0.4) is 0 Å². The first-order valence-corrected chi connectivity index (χ1v) is 7.80. The first-order chi connectivity index (χ1) is 11.0. The van der Waals surface area contributed by atoms with Crippen LogP contribution in [0.5, 0.6) is 0 Å². The Hall–Kier alpha value is -2.17. The summed E-state index contributed by atoms with van der Waals surface area (Å²) in [5, 5.41) is 14.0. The van der Waals surface area contributed by atoms with E-state index in [1.165, 1.54) is 5.56 Å². The van der Waals surface area contributed by atoms with E-state index in [9.17, 15) is 9.90 Å². The van der Waals surface area contributed by atoms with Crippen molar-refractivity contribution < 1.29 is 9.90 Å². The summed E-state index contributed by atoms with van der Waals surface area (Å²) >= 11 is 0. The Bertz CT molecular complexity index is 684. The molecule has 1 N–H and O–H groups in total. The molecule has 1 saturated heterocycles. The molecule has 120 valence electrons. The highest BCUT2D eigenvalue weighted by molar-refractivity contribution is 5.73. The lowest BCUT2D eigenvalue weighted by molar-refractivity contribution is -0.143. The number of benzene rings is 2. The second-order valence-corrected chi connectivity index (χ2v) is 6.22. The van der Waals surface area contributed by atoms with Crippen molar-refractivity contribution in [3.05, 3.63) is 71.3 Å². The van der Waals surface area contributed by atoms with Crippen LogP contribution >= 0.6 is 0 Å². The highest BCUT2D eigenvalue weighted by Crippen LogP contribution is 2.47. The first-order valence-electron chi connectivity index (χ1n) is 7.80. The van der Waals surface area contributed by atoms with Crippen molar-refractivity contribution in [2.75, 3.05) is 14.1 Å². The summed E-state index contributed by atoms with van der Waals surface area (Å²) in [4.78, 5) is 12.1. The van der Waals surface area contributed by atoms with Gasteiger partial charge in [0.2, 0.25) is 0 Å². The molecule has 0 aromatic heterocycles. The highest BCUT2D eigenvalue weighted by Gasteiger charge is 2.49. The summed E-state index contributed by atoms with van der Waals surface area (Å²) < 4.78 is 0. The number of nitrogens with zero attached hydrogens (tertiary/aromatic N) is 2. The molecule has 1 aliphatic heterocycles. The van der Waals surface area contributed by atoms with E-state index in [-0.39, 0.29) is 12.1 Å². The van der Waals surface area contributed by atoms with Crippen LogP contribution in [0.1, 0.15) is 28.8 Å². The van der Waals surface area contributed by atoms with Crippen LogP contribution in [0.4, 0.5) is 0 Å². The minimum atomic E-state index is -0.763. The number of aliphatic carboxylic acids is 1. The van der Waals surface area contributed by atoms with E-state index in [2.05, 4.69) is 0 Å². The Morgan fingerprint density at radius 2 is 1.35 bits per heavy atom. The van der Waals surface area contributed by atoms with Gasteiger partial charge in [-0.25, -0.2) is 10.0 Å². The number of carbonyl (C=O) groups is 1. The SMILES string of the molecule is Cc1ccc([C@H]2[C@@H](C(=O)O)[C@H](c3ccccc3)N(C)N2C)cc1. The van der Waals surface area contributed by atoms with Gasteiger partial charge in [-0.3, -0.25) is 4.79 Å². The average Bonchev–Trinajstić information content (AvgIpc) is 2.81. The molecular formula is C19H22N2O2. The van der Waals surface area contributed by atoms with Gasteiger partial charge in [0.1, 0.15) is 0 Å². The van der Waals surface area contributed by atoms with Crippen LogP contribution in [-0.2, 0) is 4.79 Å². The third-order valence-electron chi connectivity index (χ3n) is 4.83. The zero-order chi connectivity index (χ0) is 16.6. The summed E-state index contributed by atoms with van der Waals surface area (Å²) in [6.07, 6.45) is 0. The van der Waals surface area contributed by atoms with Gasteiger partial charge < -0.3 is 5.11 Å². The topological polar surface area (TPSA) is 43.8 Å². The molecule has 1 fully saturated rings. The lowest BCUT2D eigenvalue weighted by Crippen LogP contribution is -2.32. The van der Waals surface area contributed by atoms with E-state index < -0.39 is 11.9 Å². The van der Waals surface area contributed by atoms with Gasteiger partial charge in [0, 0.05) is 14.1 Å². The van der Waals surface area contributed by atoms with E-state index >= 15 is 0 Å². The average molecular weight is 310 g/mol. The van der Waals surface area contributed by atoms with Gasteiger partial charge in [0.25, 0.3) is 0 Å². The molecule has 0 unspecified atom stereocenters. The molecule has 3 rings (SSSR count). The summed E-state index contributed by atoms with van der Waals surface area (Å²) in [6.45, 7) is 2.04. The van der Waals surface area contributed by atoms with Gasteiger partial charge in [-0.2, -0.15) is 0 Å². The number of hydrogen-bond donors (Lipinski definition) is 1. The molecular weight excluding hydrogens is 288 g/mol. The van der Waals surface area contributed by atoms with Crippen molar-refractivity contribution in [3.63, 3.8) is 0 Å². The van der Waals surface area contributed by atoms with E-state index in [1.54, 1.807) is 0 Å². The third-order valence-corrected chi connectivity index (χ3v) is 4.83. The van der Waals surface area contributed by atoms with Crippen molar-refractivity contribution in [2.45, 2.75) is 19.0 Å². The molecule has 4 heteroatoms. The maximum atomic E-state index is 12.1. The summed E-state index contributed by atoms with van der Waals surface area (Å²) in [6, 6.07) is 17.7. The zero-order valence-electron chi connectivity index (χ0n) is 13.7. The van der Waals surface area contributed by atoms with Gasteiger partial charge >= 0.3 is 5.97 Å². The Morgan fingerprint density at radius 3 is 1.83 bits per heavy atom. The molecule has 0 aliphatic carbocycles. The molecule has 1 heterocycles. The van der Waals surface area contributed by atoms with Gasteiger partial charge in [0.15, 0.2) is 0 Å². The Labute approximate surface area is 136 Å². The van der Waals surface area contributed by atoms with E-state index in [4.69, 9.17) is 0 Å². The smallest absolute Gasteiger partial charge is 0.310 e. The fourth-order valence-corrected chi connectivity index (χ4v) is 3.56. The van der Waals surface area contributed by atoms with Crippen LogP contribution in [0.2, 0.25) is 0 Å². The molecule has 4 nitrogen and oxygen atoms in total. The Kier molecular flexibility index (Phi) is 4.20. The summed E-state index contributed by atoms with van der Waals surface area (Å²) in [5.74, 6) is -1.28. The van der Waals surface area contributed by atoms with Crippen molar-refractivity contribution >= 4 is 5.97 Å². The standard InChI is InChI=1S/C19H22N2O2/c1-13-9-11-15(12-10-13)18-16(19(22)23)17(20(2)21(18)3)14-7-5-4-6-8-14/h4-12,16-18H,1-3H3,(H,22,23)/t16-,17-,18-/m0/s1. The zero-order valence-corrected chi connectivity index (χ0v) is 13.7. The van der Waals surface area contributed by atoms with E-state index in [0.717, 1.165) is 11.1 Å². The largest absolute Gasteiger partial charge is 0.481 e. The molecule has 3 atom stereocenters. The Morgan fingerprint density at radius 1 is 0.870 bits per heavy atom.